The summed E-state index contributed by atoms with van der Waals surface area (Å²) in [6, 6.07) is 6.15. The molecule has 24 heavy (non-hydrogen) atoms. The predicted octanol–water partition coefficient (Wildman–Crippen LogP) is 3.54. The molecule has 0 aromatic heterocycles. The highest BCUT2D eigenvalue weighted by atomic mass is 19.4. The summed E-state index contributed by atoms with van der Waals surface area (Å²) in [6.45, 7) is 6.00. The molecule has 6 heteroatoms. The normalized spacial score (nSPS) is 22.9. The molecule has 0 radical (unpaired) electrons. The molecular formula is C18H24F3NO2. The molecule has 1 aromatic rings. The van der Waals surface area contributed by atoms with Crippen molar-refractivity contribution >= 4 is 0 Å². The van der Waals surface area contributed by atoms with Crippen molar-refractivity contribution in [2.24, 2.45) is 5.92 Å². The lowest BCUT2D eigenvalue weighted by Crippen LogP contribution is -2.43. The van der Waals surface area contributed by atoms with E-state index in [0.717, 1.165) is 24.3 Å². The van der Waals surface area contributed by atoms with Crippen molar-refractivity contribution in [1.82, 2.24) is 4.90 Å². The molecule has 1 N–H and O–H groups in total. The van der Waals surface area contributed by atoms with Gasteiger partial charge in [-0.3, -0.25) is 4.90 Å². The van der Waals surface area contributed by atoms with Gasteiger partial charge in [-0.2, -0.15) is 13.2 Å². The maximum atomic E-state index is 12.6. The smallest absolute Gasteiger partial charge is 0.414 e. The van der Waals surface area contributed by atoms with Gasteiger partial charge in [0, 0.05) is 13.0 Å². The van der Waals surface area contributed by atoms with Crippen molar-refractivity contribution in [3.8, 4) is 5.75 Å². The molecule has 0 amide bonds. The lowest BCUT2D eigenvalue weighted by Gasteiger charge is -2.34. The molecule has 2 aliphatic rings. The van der Waals surface area contributed by atoms with E-state index in [1.165, 1.54) is 5.56 Å². The number of benzene rings is 1. The summed E-state index contributed by atoms with van der Waals surface area (Å²) in [4.78, 5) is 2.16. The zero-order valence-corrected chi connectivity index (χ0v) is 14.1. The average molecular weight is 343 g/mol. The number of halogens is 3. The van der Waals surface area contributed by atoms with Gasteiger partial charge in [-0.1, -0.05) is 12.1 Å². The van der Waals surface area contributed by atoms with Gasteiger partial charge in [0.15, 0.2) is 6.10 Å². The van der Waals surface area contributed by atoms with Crippen LogP contribution in [0.25, 0.3) is 0 Å². The van der Waals surface area contributed by atoms with E-state index in [1.807, 2.05) is 12.1 Å². The van der Waals surface area contributed by atoms with Crippen LogP contribution in [0.1, 0.15) is 37.8 Å². The van der Waals surface area contributed by atoms with Gasteiger partial charge in [-0.25, -0.2) is 0 Å². The number of likely N-dealkylation sites (tertiary alicyclic amines) is 1. The monoisotopic (exact) mass is 343 g/mol. The minimum absolute atomic E-state index is 0.174. The Morgan fingerprint density at radius 3 is 2.58 bits per heavy atom. The Kier molecular flexibility index (Phi) is 4.55. The molecule has 134 valence electrons. The molecule has 3 rings (SSSR count). The van der Waals surface area contributed by atoms with E-state index in [9.17, 15) is 18.3 Å². The Labute approximate surface area is 140 Å². The maximum absolute atomic E-state index is 12.6. The number of piperidine rings is 1. The van der Waals surface area contributed by atoms with Crippen LogP contribution >= 0.6 is 0 Å². The third-order valence-corrected chi connectivity index (χ3v) is 4.95. The predicted molar refractivity (Wildman–Crippen MR) is 84.9 cm³/mol. The lowest BCUT2D eigenvalue weighted by atomic mass is 9.90. The second-order valence-corrected chi connectivity index (χ2v) is 7.58. The van der Waals surface area contributed by atoms with Crippen LogP contribution in [0.2, 0.25) is 0 Å². The third kappa shape index (κ3) is 3.86. The first kappa shape index (κ1) is 17.5. The third-order valence-electron chi connectivity index (χ3n) is 4.95. The lowest BCUT2D eigenvalue weighted by molar-refractivity contribution is -0.223. The second-order valence-electron chi connectivity index (χ2n) is 7.58. The van der Waals surface area contributed by atoms with E-state index in [-0.39, 0.29) is 5.60 Å². The van der Waals surface area contributed by atoms with Gasteiger partial charge in [0.2, 0.25) is 0 Å². The van der Waals surface area contributed by atoms with Gasteiger partial charge in [0.1, 0.15) is 11.4 Å². The van der Waals surface area contributed by atoms with E-state index >= 15 is 0 Å². The summed E-state index contributed by atoms with van der Waals surface area (Å²) >= 11 is 0. The zero-order valence-electron chi connectivity index (χ0n) is 14.1. The summed E-state index contributed by atoms with van der Waals surface area (Å²) in [6.07, 6.45) is -5.09. The first-order valence-electron chi connectivity index (χ1n) is 8.42. The van der Waals surface area contributed by atoms with Crippen LogP contribution in [0.4, 0.5) is 13.2 Å². The maximum Gasteiger partial charge on any atom is 0.414 e. The standard InChI is InChI=1S/C18H24F3NO2/c1-17(2)10-14-9-12(3-4-15(14)24-17)11-22-7-5-13(6-8-22)16(23)18(19,20)21/h3-4,9,13,16,23H,5-8,10-11H2,1-2H3. The van der Waals surface area contributed by atoms with E-state index in [0.29, 0.717) is 25.9 Å². The molecule has 1 atom stereocenters. The molecule has 0 saturated carbocycles. The number of alkyl halides is 3. The van der Waals surface area contributed by atoms with Gasteiger partial charge in [-0.15, -0.1) is 0 Å². The number of hydrogen-bond acceptors (Lipinski definition) is 3. The number of aliphatic hydroxyl groups is 1. The number of hydrogen-bond donors (Lipinski definition) is 1. The summed E-state index contributed by atoms with van der Waals surface area (Å²) in [5, 5.41) is 9.38. The minimum Gasteiger partial charge on any atom is -0.487 e. The quantitative estimate of drug-likeness (QED) is 0.911. The molecule has 1 saturated heterocycles. The fourth-order valence-corrected chi connectivity index (χ4v) is 3.71. The van der Waals surface area contributed by atoms with Crippen LogP contribution in [-0.2, 0) is 13.0 Å². The summed E-state index contributed by atoms with van der Waals surface area (Å²) in [7, 11) is 0. The van der Waals surface area contributed by atoms with Crippen molar-refractivity contribution in [1.29, 1.82) is 0 Å². The number of ether oxygens (including phenoxy) is 1. The van der Waals surface area contributed by atoms with Crippen LogP contribution in [0, 0.1) is 5.92 Å². The fraction of sp³-hybridized carbons (Fsp3) is 0.667. The van der Waals surface area contributed by atoms with Crippen LogP contribution in [0.3, 0.4) is 0 Å². The Morgan fingerprint density at radius 1 is 1.29 bits per heavy atom. The number of rotatable bonds is 3. The molecule has 1 fully saturated rings. The van der Waals surface area contributed by atoms with Crippen LogP contribution in [0.15, 0.2) is 18.2 Å². The largest absolute Gasteiger partial charge is 0.487 e. The Hall–Kier alpha value is -1.27. The van der Waals surface area contributed by atoms with Crippen molar-refractivity contribution < 1.29 is 23.0 Å². The molecule has 2 heterocycles. The average Bonchev–Trinajstić information content (AvgIpc) is 2.79. The highest BCUT2D eigenvalue weighted by molar-refractivity contribution is 5.41. The Morgan fingerprint density at radius 2 is 1.96 bits per heavy atom. The topological polar surface area (TPSA) is 32.7 Å². The number of nitrogens with zero attached hydrogens (tertiary/aromatic N) is 1. The molecule has 1 unspecified atom stereocenters. The molecule has 1 aromatic carbocycles. The first-order valence-corrected chi connectivity index (χ1v) is 8.42. The summed E-state index contributed by atoms with van der Waals surface area (Å²) in [5.74, 6) is 0.242. The summed E-state index contributed by atoms with van der Waals surface area (Å²) < 4.78 is 43.6. The van der Waals surface area contributed by atoms with Crippen molar-refractivity contribution in [2.75, 3.05) is 13.1 Å². The van der Waals surface area contributed by atoms with Crippen molar-refractivity contribution in [3.05, 3.63) is 29.3 Å². The van der Waals surface area contributed by atoms with Gasteiger partial charge >= 0.3 is 6.18 Å². The van der Waals surface area contributed by atoms with E-state index < -0.39 is 18.2 Å². The van der Waals surface area contributed by atoms with Crippen LogP contribution < -0.4 is 4.74 Å². The van der Waals surface area contributed by atoms with E-state index in [2.05, 4.69) is 24.8 Å². The molecule has 0 spiro atoms. The fourth-order valence-electron chi connectivity index (χ4n) is 3.71. The van der Waals surface area contributed by atoms with Gasteiger partial charge in [0.05, 0.1) is 0 Å². The van der Waals surface area contributed by atoms with Crippen molar-refractivity contribution in [2.45, 2.75) is 57.5 Å². The zero-order chi connectivity index (χ0) is 17.5. The molecular weight excluding hydrogens is 319 g/mol. The number of aliphatic hydroxyl groups excluding tert-OH is 1. The van der Waals surface area contributed by atoms with Gasteiger partial charge in [0.25, 0.3) is 0 Å². The van der Waals surface area contributed by atoms with Crippen molar-refractivity contribution in [3.63, 3.8) is 0 Å². The highest BCUT2D eigenvalue weighted by Crippen LogP contribution is 2.36. The first-order chi connectivity index (χ1) is 11.1. The molecule has 2 aliphatic heterocycles. The number of fused-ring (bicyclic) bond motifs is 1. The second kappa shape index (κ2) is 6.23. The summed E-state index contributed by atoms with van der Waals surface area (Å²) in [5.41, 5.74) is 2.18. The SMILES string of the molecule is CC1(C)Cc2cc(CN3CCC(C(O)C(F)(F)F)CC3)ccc2O1. The van der Waals surface area contributed by atoms with Gasteiger partial charge < -0.3 is 9.84 Å². The Bertz CT molecular complexity index is 592. The highest BCUT2D eigenvalue weighted by Gasteiger charge is 2.44. The van der Waals surface area contributed by atoms with E-state index in [4.69, 9.17) is 4.74 Å². The van der Waals surface area contributed by atoms with E-state index in [1.54, 1.807) is 0 Å². The Balaban J connectivity index is 1.56. The molecule has 0 bridgehead atoms. The van der Waals surface area contributed by atoms with Crippen LogP contribution in [-0.4, -0.2) is 41.0 Å². The molecule has 3 nitrogen and oxygen atoms in total. The molecule has 0 aliphatic carbocycles. The van der Waals surface area contributed by atoms with Gasteiger partial charge in [-0.05, 0) is 62.9 Å². The minimum atomic E-state index is -4.51. The van der Waals surface area contributed by atoms with Crippen LogP contribution in [0.5, 0.6) is 5.75 Å².